The Kier molecular flexibility index (Phi) is 4.46. The summed E-state index contributed by atoms with van der Waals surface area (Å²) in [5.74, 6) is 0.731. The van der Waals surface area contributed by atoms with Crippen LogP contribution >= 0.6 is 0 Å². The number of hydrogen-bond acceptors (Lipinski definition) is 4. The number of aromatic nitrogens is 1. The van der Waals surface area contributed by atoms with Crippen LogP contribution in [0, 0.1) is 5.92 Å². The Balaban J connectivity index is 1.66. The van der Waals surface area contributed by atoms with Gasteiger partial charge in [-0.2, -0.15) is 0 Å². The van der Waals surface area contributed by atoms with Gasteiger partial charge in [-0.15, -0.1) is 0 Å². The second-order valence-corrected chi connectivity index (χ2v) is 6.10. The number of benzene rings is 1. The highest BCUT2D eigenvalue weighted by Gasteiger charge is 2.29. The first-order valence-corrected chi connectivity index (χ1v) is 7.88. The maximum Gasteiger partial charge on any atom is 0.255 e. The number of nitrogens with zero attached hydrogens (tertiary/aromatic N) is 2. The Labute approximate surface area is 140 Å². The predicted molar refractivity (Wildman–Crippen MR) is 94.3 cm³/mol. The van der Waals surface area contributed by atoms with Crippen molar-refractivity contribution in [2.45, 2.75) is 12.8 Å². The Morgan fingerprint density at radius 2 is 1.88 bits per heavy atom. The molecule has 0 radical (unpaired) electrons. The quantitative estimate of drug-likeness (QED) is 0.887. The van der Waals surface area contributed by atoms with Crippen LogP contribution in [-0.4, -0.2) is 30.9 Å². The van der Waals surface area contributed by atoms with E-state index < -0.39 is 0 Å². The van der Waals surface area contributed by atoms with E-state index in [-0.39, 0.29) is 17.7 Å². The van der Waals surface area contributed by atoms with Gasteiger partial charge in [0.15, 0.2) is 0 Å². The van der Waals surface area contributed by atoms with Gasteiger partial charge in [-0.3, -0.25) is 9.59 Å². The molecule has 0 saturated heterocycles. The second kappa shape index (κ2) is 6.70. The standard InChI is InChI=1S/C18H20N4O2/c1-22(2)16-9-8-15(11-19-16)21-18(24)13-4-3-5-14(10-13)20-17(23)12-6-7-12/h3-5,8-12H,6-7H2,1-2H3,(H,20,23)(H,21,24). The first-order chi connectivity index (χ1) is 11.5. The van der Waals surface area contributed by atoms with Crippen molar-refractivity contribution in [1.29, 1.82) is 0 Å². The van der Waals surface area contributed by atoms with Gasteiger partial charge in [0.05, 0.1) is 11.9 Å². The highest BCUT2D eigenvalue weighted by Crippen LogP contribution is 2.30. The number of hydrogen-bond donors (Lipinski definition) is 2. The molecule has 0 atom stereocenters. The van der Waals surface area contributed by atoms with E-state index in [2.05, 4.69) is 15.6 Å². The molecule has 1 fully saturated rings. The van der Waals surface area contributed by atoms with Crippen molar-refractivity contribution in [3.05, 3.63) is 48.2 Å². The first-order valence-electron chi connectivity index (χ1n) is 7.88. The van der Waals surface area contributed by atoms with Crippen molar-refractivity contribution in [3.8, 4) is 0 Å². The lowest BCUT2D eigenvalue weighted by atomic mass is 10.2. The second-order valence-electron chi connectivity index (χ2n) is 6.10. The number of carbonyl (C=O) groups excluding carboxylic acids is 2. The molecule has 1 saturated carbocycles. The molecule has 24 heavy (non-hydrogen) atoms. The molecule has 3 rings (SSSR count). The number of pyridine rings is 1. The summed E-state index contributed by atoms with van der Waals surface area (Å²) in [4.78, 5) is 30.3. The monoisotopic (exact) mass is 324 g/mol. The molecule has 2 N–H and O–H groups in total. The fourth-order valence-corrected chi connectivity index (χ4v) is 2.26. The Morgan fingerprint density at radius 3 is 2.50 bits per heavy atom. The average Bonchev–Trinajstić information content (AvgIpc) is 3.40. The molecular formula is C18H20N4O2. The van der Waals surface area contributed by atoms with Gasteiger partial charge in [-0.1, -0.05) is 6.07 Å². The number of amides is 2. The molecule has 124 valence electrons. The van der Waals surface area contributed by atoms with Crippen molar-refractivity contribution in [3.63, 3.8) is 0 Å². The Bertz CT molecular complexity index is 752. The molecule has 6 heteroatoms. The molecule has 1 aromatic carbocycles. The van der Waals surface area contributed by atoms with Gasteiger partial charge in [-0.25, -0.2) is 4.98 Å². The molecular weight excluding hydrogens is 304 g/mol. The topological polar surface area (TPSA) is 74.3 Å². The first kappa shape index (κ1) is 16.0. The van der Waals surface area contributed by atoms with Crippen molar-refractivity contribution >= 4 is 29.0 Å². The summed E-state index contributed by atoms with van der Waals surface area (Å²) in [5.41, 5.74) is 1.75. The average molecular weight is 324 g/mol. The van der Waals surface area contributed by atoms with Crippen LogP contribution in [0.1, 0.15) is 23.2 Å². The van der Waals surface area contributed by atoms with E-state index in [9.17, 15) is 9.59 Å². The predicted octanol–water partition coefficient (Wildman–Crippen LogP) is 2.75. The summed E-state index contributed by atoms with van der Waals surface area (Å²) in [6.07, 6.45) is 3.51. The van der Waals surface area contributed by atoms with Crippen LogP contribution in [0.3, 0.4) is 0 Å². The smallest absolute Gasteiger partial charge is 0.255 e. The Morgan fingerprint density at radius 1 is 1.08 bits per heavy atom. The van der Waals surface area contributed by atoms with E-state index in [4.69, 9.17) is 0 Å². The summed E-state index contributed by atoms with van der Waals surface area (Å²) in [5, 5.41) is 5.65. The molecule has 1 aromatic heterocycles. The normalized spacial score (nSPS) is 13.2. The van der Waals surface area contributed by atoms with Crippen molar-refractivity contribution in [2.24, 2.45) is 5.92 Å². The van der Waals surface area contributed by atoms with Crippen LogP contribution in [0.5, 0.6) is 0 Å². The third-order valence-electron chi connectivity index (χ3n) is 3.80. The van der Waals surface area contributed by atoms with E-state index in [1.54, 1.807) is 36.5 Å². The van der Waals surface area contributed by atoms with E-state index in [1.165, 1.54) is 0 Å². The van der Waals surface area contributed by atoms with Gasteiger partial charge < -0.3 is 15.5 Å². The third kappa shape index (κ3) is 3.90. The Hall–Kier alpha value is -2.89. The van der Waals surface area contributed by atoms with Gasteiger partial charge in [0.1, 0.15) is 5.82 Å². The highest BCUT2D eigenvalue weighted by atomic mass is 16.2. The number of nitrogens with one attached hydrogen (secondary N) is 2. The molecule has 0 spiro atoms. The SMILES string of the molecule is CN(C)c1ccc(NC(=O)c2cccc(NC(=O)C3CC3)c2)cn1. The lowest BCUT2D eigenvalue weighted by Gasteiger charge is -2.12. The van der Waals surface area contributed by atoms with E-state index >= 15 is 0 Å². The van der Waals surface area contributed by atoms with Crippen LogP contribution in [0.15, 0.2) is 42.6 Å². The van der Waals surface area contributed by atoms with Crippen molar-refractivity contribution in [1.82, 2.24) is 4.98 Å². The zero-order valence-electron chi connectivity index (χ0n) is 13.7. The molecule has 1 aliphatic carbocycles. The summed E-state index contributed by atoms with van der Waals surface area (Å²) < 4.78 is 0. The minimum atomic E-state index is -0.239. The van der Waals surface area contributed by atoms with Gasteiger partial charge in [0.2, 0.25) is 5.91 Å². The fourth-order valence-electron chi connectivity index (χ4n) is 2.26. The van der Waals surface area contributed by atoms with Gasteiger partial charge >= 0.3 is 0 Å². The van der Waals surface area contributed by atoms with E-state index in [1.807, 2.05) is 25.1 Å². The van der Waals surface area contributed by atoms with E-state index in [0.29, 0.717) is 16.9 Å². The summed E-state index contributed by atoms with van der Waals surface area (Å²) in [6.45, 7) is 0. The molecule has 0 unspecified atom stereocenters. The highest BCUT2D eigenvalue weighted by molar-refractivity contribution is 6.05. The van der Waals surface area contributed by atoms with Crippen LogP contribution in [0.2, 0.25) is 0 Å². The van der Waals surface area contributed by atoms with E-state index in [0.717, 1.165) is 18.7 Å². The molecule has 2 aromatic rings. The molecule has 1 heterocycles. The van der Waals surface area contributed by atoms with Gasteiger partial charge in [-0.05, 0) is 43.2 Å². The summed E-state index contributed by atoms with van der Waals surface area (Å²) in [7, 11) is 3.81. The van der Waals surface area contributed by atoms with Crippen LogP contribution in [0.4, 0.5) is 17.2 Å². The third-order valence-corrected chi connectivity index (χ3v) is 3.80. The zero-order chi connectivity index (χ0) is 17.1. The largest absolute Gasteiger partial charge is 0.363 e. The van der Waals surface area contributed by atoms with Gasteiger partial charge in [0.25, 0.3) is 5.91 Å². The zero-order valence-corrected chi connectivity index (χ0v) is 13.7. The molecule has 0 bridgehead atoms. The fraction of sp³-hybridized carbons (Fsp3) is 0.278. The molecule has 1 aliphatic rings. The minimum absolute atomic E-state index is 0.0241. The van der Waals surface area contributed by atoms with Crippen LogP contribution in [0.25, 0.3) is 0 Å². The molecule has 6 nitrogen and oxygen atoms in total. The molecule has 0 aliphatic heterocycles. The maximum absolute atomic E-state index is 12.4. The van der Waals surface area contributed by atoms with Gasteiger partial charge in [0, 0.05) is 31.3 Å². The lowest BCUT2D eigenvalue weighted by Crippen LogP contribution is -2.16. The number of rotatable bonds is 5. The summed E-state index contributed by atoms with van der Waals surface area (Å²) >= 11 is 0. The van der Waals surface area contributed by atoms with Crippen LogP contribution < -0.4 is 15.5 Å². The maximum atomic E-state index is 12.4. The van der Waals surface area contributed by atoms with Crippen LogP contribution in [-0.2, 0) is 4.79 Å². The molecule has 2 amide bonds. The summed E-state index contributed by atoms with van der Waals surface area (Å²) in [6, 6.07) is 10.6. The lowest BCUT2D eigenvalue weighted by molar-refractivity contribution is -0.117. The van der Waals surface area contributed by atoms with Crippen molar-refractivity contribution in [2.75, 3.05) is 29.6 Å². The van der Waals surface area contributed by atoms with Crippen molar-refractivity contribution < 1.29 is 9.59 Å². The minimum Gasteiger partial charge on any atom is -0.363 e. The number of carbonyl (C=O) groups is 2. The number of anilines is 3.